The maximum Gasteiger partial charge on any atom is 0.222 e. The molecule has 2 rings (SSSR count). The Hall–Kier alpha value is -0.830. The smallest absolute Gasteiger partial charge is 0.222 e. The van der Waals surface area contributed by atoms with E-state index in [9.17, 15) is 4.79 Å². The second-order valence-corrected chi connectivity index (χ2v) is 5.43. The van der Waals surface area contributed by atoms with E-state index in [0.29, 0.717) is 12.3 Å². The summed E-state index contributed by atoms with van der Waals surface area (Å²) < 4.78 is 1.09. The number of halogens is 1. The van der Waals surface area contributed by atoms with Crippen LogP contribution in [0.15, 0.2) is 28.7 Å². The zero-order valence-corrected chi connectivity index (χ0v) is 11.6. The van der Waals surface area contributed by atoms with Crippen LogP contribution in [0.5, 0.6) is 0 Å². The van der Waals surface area contributed by atoms with Crippen LogP contribution in [0.2, 0.25) is 0 Å². The van der Waals surface area contributed by atoms with Gasteiger partial charge in [0.1, 0.15) is 0 Å². The van der Waals surface area contributed by atoms with Gasteiger partial charge >= 0.3 is 0 Å². The van der Waals surface area contributed by atoms with Crippen molar-refractivity contribution in [3.8, 4) is 0 Å². The van der Waals surface area contributed by atoms with Gasteiger partial charge in [0.05, 0.1) is 0 Å². The summed E-state index contributed by atoms with van der Waals surface area (Å²) >= 11 is 3.54. The number of carbonyl (C=O) groups is 1. The van der Waals surface area contributed by atoms with Crippen molar-refractivity contribution in [3.63, 3.8) is 0 Å². The van der Waals surface area contributed by atoms with Crippen molar-refractivity contribution in [2.45, 2.75) is 38.6 Å². The first-order valence-electron chi connectivity index (χ1n) is 6.28. The summed E-state index contributed by atoms with van der Waals surface area (Å²) in [4.78, 5) is 14.0. The molecule has 1 aromatic rings. The Kier molecular flexibility index (Phi) is 4.60. The van der Waals surface area contributed by atoms with Crippen LogP contribution in [0, 0.1) is 0 Å². The van der Waals surface area contributed by atoms with Crippen LogP contribution < -0.4 is 0 Å². The van der Waals surface area contributed by atoms with E-state index in [4.69, 9.17) is 0 Å². The number of benzene rings is 1. The average Bonchev–Trinajstić information content (AvgIpc) is 2.31. The van der Waals surface area contributed by atoms with Gasteiger partial charge in [-0.05, 0) is 24.5 Å². The first-order valence-corrected chi connectivity index (χ1v) is 7.08. The number of hydrogen-bond donors (Lipinski definition) is 0. The Morgan fingerprint density at radius 2 is 1.88 bits per heavy atom. The lowest BCUT2D eigenvalue weighted by Gasteiger charge is -2.25. The lowest BCUT2D eigenvalue weighted by Crippen LogP contribution is -2.32. The third-order valence-corrected chi connectivity index (χ3v) is 4.01. The topological polar surface area (TPSA) is 20.3 Å². The van der Waals surface area contributed by atoms with Crippen LogP contribution >= 0.6 is 15.9 Å². The van der Waals surface area contributed by atoms with Crippen LogP contribution in [0.1, 0.15) is 37.7 Å². The molecule has 0 unspecified atom stereocenters. The highest BCUT2D eigenvalue weighted by atomic mass is 79.9. The monoisotopic (exact) mass is 295 g/mol. The van der Waals surface area contributed by atoms with E-state index in [1.165, 1.54) is 18.4 Å². The molecule has 0 N–H and O–H groups in total. The summed E-state index contributed by atoms with van der Waals surface area (Å²) in [6.45, 7) is 1.64. The van der Waals surface area contributed by atoms with Crippen LogP contribution in [0.3, 0.4) is 0 Å². The zero-order chi connectivity index (χ0) is 12.1. The van der Waals surface area contributed by atoms with Crippen LogP contribution in [0.4, 0.5) is 0 Å². The van der Waals surface area contributed by atoms with E-state index in [0.717, 1.165) is 30.4 Å². The second kappa shape index (κ2) is 6.20. The number of likely N-dealkylation sites (tertiary alicyclic amines) is 1. The van der Waals surface area contributed by atoms with E-state index in [1.807, 2.05) is 23.1 Å². The minimum atomic E-state index is 0.306. The quantitative estimate of drug-likeness (QED) is 0.814. The number of rotatable bonds is 2. The molecular formula is C14H18BrNO. The van der Waals surface area contributed by atoms with E-state index < -0.39 is 0 Å². The van der Waals surface area contributed by atoms with Crippen LogP contribution in [0.25, 0.3) is 0 Å². The van der Waals surface area contributed by atoms with E-state index in [2.05, 4.69) is 22.0 Å². The van der Waals surface area contributed by atoms with Crippen molar-refractivity contribution in [2.75, 3.05) is 6.54 Å². The molecule has 0 aromatic heterocycles. The molecule has 1 saturated heterocycles. The molecular weight excluding hydrogens is 278 g/mol. The summed E-state index contributed by atoms with van der Waals surface area (Å²) in [5.74, 6) is 0.306. The molecule has 1 heterocycles. The predicted octanol–water partition coefficient (Wildman–Crippen LogP) is 3.74. The normalized spacial score (nSPS) is 17.7. The minimum absolute atomic E-state index is 0.306. The van der Waals surface area contributed by atoms with Gasteiger partial charge in [-0.1, -0.05) is 47.0 Å². The van der Waals surface area contributed by atoms with Gasteiger partial charge in [-0.15, -0.1) is 0 Å². The Balaban J connectivity index is 2.05. The van der Waals surface area contributed by atoms with E-state index in [1.54, 1.807) is 0 Å². The van der Waals surface area contributed by atoms with Crippen molar-refractivity contribution in [1.82, 2.24) is 4.90 Å². The van der Waals surface area contributed by atoms with Gasteiger partial charge in [-0.3, -0.25) is 4.79 Å². The molecule has 1 aliphatic heterocycles. The van der Waals surface area contributed by atoms with Crippen molar-refractivity contribution in [1.29, 1.82) is 0 Å². The molecule has 0 aliphatic carbocycles. The van der Waals surface area contributed by atoms with Gasteiger partial charge in [0.25, 0.3) is 0 Å². The van der Waals surface area contributed by atoms with E-state index in [-0.39, 0.29) is 0 Å². The van der Waals surface area contributed by atoms with Crippen molar-refractivity contribution in [3.05, 3.63) is 34.3 Å². The SMILES string of the molecule is O=C1CCCCCCN1Cc1ccccc1Br. The Labute approximate surface area is 111 Å². The second-order valence-electron chi connectivity index (χ2n) is 4.57. The summed E-state index contributed by atoms with van der Waals surface area (Å²) in [7, 11) is 0. The lowest BCUT2D eigenvalue weighted by atomic mass is 10.1. The molecule has 1 aliphatic rings. The molecule has 0 atom stereocenters. The summed E-state index contributed by atoms with van der Waals surface area (Å²) in [6.07, 6.45) is 5.35. The molecule has 2 nitrogen and oxygen atoms in total. The predicted molar refractivity (Wildman–Crippen MR) is 72.6 cm³/mol. The summed E-state index contributed by atoms with van der Waals surface area (Å²) in [6, 6.07) is 8.14. The van der Waals surface area contributed by atoms with Gasteiger partial charge in [0.2, 0.25) is 5.91 Å². The number of nitrogens with zero attached hydrogens (tertiary/aromatic N) is 1. The highest BCUT2D eigenvalue weighted by Gasteiger charge is 2.16. The molecule has 3 heteroatoms. The number of carbonyl (C=O) groups excluding carboxylic acids is 1. The molecule has 1 aromatic carbocycles. The standard InChI is InChI=1S/C14H18BrNO/c15-13-8-5-4-7-12(13)11-16-10-6-2-1-3-9-14(16)17/h4-5,7-8H,1-3,6,9-11H2. The summed E-state index contributed by atoms with van der Waals surface area (Å²) in [5, 5.41) is 0. The minimum Gasteiger partial charge on any atom is -0.338 e. The van der Waals surface area contributed by atoms with Gasteiger partial charge in [0, 0.05) is 24.0 Å². The number of hydrogen-bond acceptors (Lipinski definition) is 1. The summed E-state index contributed by atoms with van der Waals surface area (Å²) in [5.41, 5.74) is 1.20. The highest BCUT2D eigenvalue weighted by molar-refractivity contribution is 9.10. The first kappa shape index (κ1) is 12.6. The molecule has 1 amide bonds. The maximum absolute atomic E-state index is 12.0. The largest absolute Gasteiger partial charge is 0.338 e. The molecule has 17 heavy (non-hydrogen) atoms. The molecule has 0 spiro atoms. The third kappa shape index (κ3) is 3.56. The lowest BCUT2D eigenvalue weighted by molar-refractivity contribution is -0.132. The average molecular weight is 296 g/mol. The fraction of sp³-hybridized carbons (Fsp3) is 0.500. The van der Waals surface area contributed by atoms with E-state index >= 15 is 0 Å². The molecule has 0 bridgehead atoms. The molecule has 1 fully saturated rings. The highest BCUT2D eigenvalue weighted by Crippen LogP contribution is 2.20. The van der Waals surface area contributed by atoms with Crippen molar-refractivity contribution < 1.29 is 4.79 Å². The molecule has 0 saturated carbocycles. The molecule has 0 radical (unpaired) electrons. The van der Waals surface area contributed by atoms with Crippen LogP contribution in [-0.2, 0) is 11.3 Å². The van der Waals surface area contributed by atoms with Gasteiger partial charge in [-0.2, -0.15) is 0 Å². The number of amides is 1. The first-order chi connectivity index (χ1) is 8.27. The fourth-order valence-corrected chi connectivity index (χ4v) is 2.62. The van der Waals surface area contributed by atoms with Crippen LogP contribution in [-0.4, -0.2) is 17.4 Å². The van der Waals surface area contributed by atoms with Gasteiger partial charge < -0.3 is 4.90 Å². The Morgan fingerprint density at radius 3 is 2.71 bits per heavy atom. The van der Waals surface area contributed by atoms with Gasteiger partial charge in [-0.25, -0.2) is 0 Å². The van der Waals surface area contributed by atoms with Crippen molar-refractivity contribution in [2.24, 2.45) is 0 Å². The fourth-order valence-electron chi connectivity index (χ4n) is 2.21. The zero-order valence-electron chi connectivity index (χ0n) is 9.99. The Bertz CT molecular complexity index is 392. The third-order valence-electron chi connectivity index (χ3n) is 3.24. The van der Waals surface area contributed by atoms with Crippen molar-refractivity contribution >= 4 is 21.8 Å². The molecule has 92 valence electrons. The maximum atomic E-state index is 12.0. The van der Waals surface area contributed by atoms with Gasteiger partial charge in [0.15, 0.2) is 0 Å². The Morgan fingerprint density at radius 1 is 1.12 bits per heavy atom.